The maximum absolute atomic E-state index is 13.2. The van der Waals surface area contributed by atoms with E-state index >= 15 is 0 Å². The third kappa shape index (κ3) is 7.30. The summed E-state index contributed by atoms with van der Waals surface area (Å²) in [6.45, 7) is 5.73. The quantitative estimate of drug-likeness (QED) is 0.323. The lowest BCUT2D eigenvalue weighted by Crippen LogP contribution is -2.28. The number of halogens is 1. The van der Waals surface area contributed by atoms with Crippen molar-refractivity contribution < 1.29 is 36.7 Å². The highest BCUT2D eigenvalue weighted by Gasteiger charge is 2.26. The van der Waals surface area contributed by atoms with Crippen molar-refractivity contribution in [1.82, 2.24) is 4.98 Å². The molecule has 13 heteroatoms. The second-order valence-electron chi connectivity index (χ2n) is 8.32. The van der Waals surface area contributed by atoms with E-state index in [4.69, 9.17) is 14.3 Å². The van der Waals surface area contributed by atoms with E-state index < -0.39 is 38.2 Å². The summed E-state index contributed by atoms with van der Waals surface area (Å²) in [5.74, 6) is -2.43. The van der Waals surface area contributed by atoms with Gasteiger partial charge in [-0.3, -0.25) is 14.9 Å². The van der Waals surface area contributed by atoms with Crippen LogP contribution in [0, 0.1) is 5.13 Å². The molecule has 1 amide bonds. The highest BCUT2D eigenvalue weighted by Crippen LogP contribution is 2.19. The Hall–Kier alpha value is -2.90. The maximum atomic E-state index is 13.2. The molecule has 0 saturated carbocycles. The van der Waals surface area contributed by atoms with Gasteiger partial charge in [0.15, 0.2) is 37.7 Å². The summed E-state index contributed by atoms with van der Waals surface area (Å²) < 4.78 is 48.7. The number of benzene rings is 1. The van der Waals surface area contributed by atoms with E-state index in [0.717, 1.165) is 6.20 Å². The van der Waals surface area contributed by atoms with E-state index in [2.05, 4.69) is 15.5 Å². The number of rotatable bonds is 8. The normalized spacial score (nSPS) is 16.8. The number of carbonyl (C=O) groups excluding carboxylic acids is 2. The SMILES string of the molecule is CC(C)(C)OC(=O)CS(=O)(=O)c1ccc(/C(=N\O[C@@H]2CCOC2)C(=O)Nc2ncc(F)s2)cc1. The number of ether oxygens (including phenoxy) is 2. The smallest absolute Gasteiger partial charge is 0.322 e. The van der Waals surface area contributed by atoms with Crippen LogP contribution >= 0.6 is 11.3 Å². The largest absolute Gasteiger partial charge is 0.459 e. The molecule has 1 aromatic carbocycles. The van der Waals surface area contributed by atoms with Gasteiger partial charge in [-0.2, -0.15) is 4.39 Å². The molecule has 1 fully saturated rings. The molecule has 184 valence electrons. The number of hydrogen-bond donors (Lipinski definition) is 1. The number of amides is 1. The predicted molar refractivity (Wildman–Crippen MR) is 122 cm³/mol. The number of sulfone groups is 1. The average molecular weight is 514 g/mol. The first-order valence-corrected chi connectivity index (χ1v) is 12.7. The Morgan fingerprint density at radius 1 is 1.29 bits per heavy atom. The number of anilines is 1. The van der Waals surface area contributed by atoms with Gasteiger partial charge in [-0.05, 0) is 32.9 Å². The zero-order chi connectivity index (χ0) is 24.9. The zero-order valence-electron chi connectivity index (χ0n) is 18.7. The summed E-state index contributed by atoms with van der Waals surface area (Å²) in [5.41, 5.74) is -0.747. The van der Waals surface area contributed by atoms with E-state index in [0.29, 0.717) is 31.0 Å². The van der Waals surface area contributed by atoms with Crippen molar-refractivity contribution in [3.8, 4) is 0 Å². The minimum atomic E-state index is -3.98. The molecule has 1 aliphatic rings. The molecular weight excluding hydrogens is 489 g/mol. The topological polar surface area (TPSA) is 133 Å². The Morgan fingerprint density at radius 3 is 2.56 bits per heavy atom. The Bertz CT molecular complexity index is 1170. The molecule has 1 aromatic heterocycles. The van der Waals surface area contributed by atoms with E-state index in [1.807, 2.05) is 0 Å². The number of oxime groups is 1. The molecule has 0 radical (unpaired) electrons. The number of nitrogens with zero attached hydrogens (tertiary/aromatic N) is 2. The standard InChI is InChI=1S/C21H24FN3O7S2/c1-21(2,3)31-17(26)12-34(28,29)15-6-4-13(5-7-15)18(25-32-14-8-9-30-11-14)19(27)24-20-23-10-16(22)33-20/h4-7,10,14H,8-9,11-12H2,1-3H3,(H,23,24,27)/b25-18+/t14-/m1/s1. The molecule has 1 aliphatic heterocycles. The summed E-state index contributed by atoms with van der Waals surface area (Å²) in [7, 11) is -3.98. The summed E-state index contributed by atoms with van der Waals surface area (Å²) in [4.78, 5) is 33.8. The van der Waals surface area contributed by atoms with Gasteiger partial charge in [0.2, 0.25) is 0 Å². The fraction of sp³-hybridized carbons (Fsp3) is 0.429. The van der Waals surface area contributed by atoms with Crippen LogP contribution in [0.1, 0.15) is 32.8 Å². The van der Waals surface area contributed by atoms with Crippen LogP contribution < -0.4 is 5.32 Å². The van der Waals surface area contributed by atoms with Crippen molar-refractivity contribution in [2.75, 3.05) is 24.3 Å². The Balaban J connectivity index is 1.80. The minimum absolute atomic E-state index is 0.0240. The fourth-order valence-electron chi connectivity index (χ4n) is 2.85. The highest BCUT2D eigenvalue weighted by atomic mass is 32.2. The summed E-state index contributed by atoms with van der Waals surface area (Å²) in [5, 5.41) is 5.83. The molecule has 0 spiro atoms. The van der Waals surface area contributed by atoms with Crippen LogP contribution in [0.4, 0.5) is 9.52 Å². The van der Waals surface area contributed by atoms with Crippen molar-refractivity contribution >= 4 is 43.9 Å². The Morgan fingerprint density at radius 2 is 2.00 bits per heavy atom. The average Bonchev–Trinajstić information content (AvgIpc) is 3.38. The Labute approximate surface area is 200 Å². The number of carbonyl (C=O) groups is 2. The van der Waals surface area contributed by atoms with Crippen molar-refractivity contribution in [3.05, 3.63) is 41.2 Å². The van der Waals surface area contributed by atoms with Crippen LogP contribution in [0.15, 0.2) is 40.5 Å². The molecule has 1 saturated heterocycles. The number of aromatic nitrogens is 1. The first-order valence-electron chi connectivity index (χ1n) is 10.2. The van der Waals surface area contributed by atoms with Gasteiger partial charge in [0, 0.05) is 12.0 Å². The number of nitrogens with one attached hydrogen (secondary N) is 1. The molecule has 0 unspecified atom stereocenters. The molecule has 1 N–H and O–H groups in total. The van der Waals surface area contributed by atoms with Gasteiger partial charge < -0.3 is 14.3 Å². The van der Waals surface area contributed by atoms with Crippen molar-refractivity contribution in [2.24, 2.45) is 5.16 Å². The van der Waals surface area contributed by atoms with Gasteiger partial charge in [0.25, 0.3) is 5.91 Å². The molecule has 34 heavy (non-hydrogen) atoms. The summed E-state index contributed by atoms with van der Waals surface area (Å²) in [6, 6.07) is 5.22. The highest BCUT2D eigenvalue weighted by molar-refractivity contribution is 7.92. The fourth-order valence-corrected chi connectivity index (χ4v) is 4.47. The third-order valence-electron chi connectivity index (χ3n) is 4.31. The van der Waals surface area contributed by atoms with Crippen LogP contribution in [0.3, 0.4) is 0 Å². The van der Waals surface area contributed by atoms with Gasteiger partial charge in [-0.1, -0.05) is 28.6 Å². The predicted octanol–water partition coefficient (Wildman–Crippen LogP) is 2.55. The summed E-state index contributed by atoms with van der Waals surface area (Å²) in [6.07, 6.45) is 1.22. The van der Waals surface area contributed by atoms with Gasteiger partial charge >= 0.3 is 5.97 Å². The zero-order valence-corrected chi connectivity index (χ0v) is 20.4. The second kappa shape index (κ2) is 10.6. The van der Waals surface area contributed by atoms with E-state index in [9.17, 15) is 22.4 Å². The molecule has 0 aliphatic carbocycles. The first kappa shape index (κ1) is 25.7. The van der Waals surface area contributed by atoms with Crippen LogP contribution in [0.25, 0.3) is 0 Å². The molecule has 3 rings (SSSR count). The maximum Gasteiger partial charge on any atom is 0.322 e. The minimum Gasteiger partial charge on any atom is -0.459 e. The second-order valence-corrected chi connectivity index (χ2v) is 11.3. The molecule has 1 atom stereocenters. The molecule has 10 nitrogen and oxygen atoms in total. The van der Waals surface area contributed by atoms with E-state index in [1.54, 1.807) is 20.8 Å². The van der Waals surface area contributed by atoms with Crippen molar-refractivity contribution in [3.63, 3.8) is 0 Å². The van der Waals surface area contributed by atoms with Crippen LogP contribution in [0.5, 0.6) is 0 Å². The lowest BCUT2D eigenvalue weighted by atomic mass is 10.1. The van der Waals surface area contributed by atoms with Crippen molar-refractivity contribution in [1.29, 1.82) is 0 Å². The molecule has 2 heterocycles. The number of esters is 1. The van der Waals surface area contributed by atoms with Gasteiger partial charge in [0.1, 0.15) is 5.60 Å². The van der Waals surface area contributed by atoms with E-state index in [1.165, 1.54) is 24.3 Å². The Kier molecular flexibility index (Phi) is 8.00. The van der Waals surface area contributed by atoms with Crippen molar-refractivity contribution in [2.45, 2.75) is 43.8 Å². The van der Waals surface area contributed by atoms with Crippen LogP contribution in [-0.4, -0.2) is 61.7 Å². The molecule has 0 bridgehead atoms. The third-order valence-corrected chi connectivity index (χ3v) is 6.62. The van der Waals surface area contributed by atoms with Gasteiger partial charge in [-0.15, -0.1) is 0 Å². The molecular formula is C21H24FN3O7S2. The number of hydrogen-bond acceptors (Lipinski definition) is 10. The van der Waals surface area contributed by atoms with Crippen LogP contribution in [-0.2, 0) is 33.7 Å². The monoisotopic (exact) mass is 513 g/mol. The first-order chi connectivity index (χ1) is 15.9. The number of thiazole rings is 1. The van der Waals surface area contributed by atoms with Gasteiger partial charge in [-0.25, -0.2) is 13.4 Å². The van der Waals surface area contributed by atoms with Gasteiger partial charge in [0.05, 0.1) is 24.3 Å². The van der Waals surface area contributed by atoms with Crippen LogP contribution in [0.2, 0.25) is 0 Å². The molecule has 2 aromatic rings. The summed E-state index contributed by atoms with van der Waals surface area (Å²) >= 11 is 0.639. The lowest BCUT2D eigenvalue weighted by molar-refractivity contribution is -0.151. The lowest BCUT2D eigenvalue weighted by Gasteiger charge is -2.19. The van der Waals surface area contributed by atoms with E-state index in [-0.39, 0.29) is 27.4 Å².